The van der Waals surface area contributed by atoms with Crippen molar-refractivity contribution in [3.8, 4) is 5.88 Å². The fourth-order valence-electron chi connectivity index (χ4n) is 3.61. The van der Waals surface area contributed by atoms with Crippen LogP contribution in [0.3, 0.4) is 0 Å². The number of hydrogen-bond donors (Lipinski definition) is 2. The second-order valence-corrected chi connectivity index (χ2v) is 7.34. The van der Waals surface area contributed by atoms with Crippen LogP contribution in [0, 0.1) is 0 Å². The third-order valence-electron chi connectivity index (χ3n) is 4.99. The van der Waals surface area contributed by atoms with Crippen LogP contribution in [0.2, 0.25) is 0 Å². The maximum absolute atomic E-state index is 5.46. The van der Waals surface area contributed by atoms with E-state index in [-0.39, 0.29) is 0 Å². The van der Waals surface area contributed by atoms with Crippen LogP contribution in [0.15, 0.2) is 6.07 Å². The second-order valence-electron chi connectivity index (χ2n) is 6.93. The summed E-state index contributed by atoms with van der Waals surface area (Å²) in [4.78, 5) is 11.4. The summed E-state index contributed by atoms with van der Waals surface area (Å²) in [7, 11) is 1.64. The maximum Gasteiger partial charge on any atom is 0.234 e. The Morgan fingerprint density at radius 3 is 2.44 bits per heavy atom. The Kier molecular flexibility index (Phi) is 6.67. The first-order valence-electron chi connectivity index (χ1n) is 9.50. The minimum atomic E-state index is 0.462. The smallest absolute Gasteiger partial charge is 0.234 e. The first kappa shape index (κ1) is 18.2. The minimum absolute atomic E-state index is 0.462. The van der Waals surface area contributed by atoms with E-state index in [4.69, 9.17) is 17.0 Å². The molecule has 3 rings (SSSR count). The van der Waals surface area contributed by atoms with E-state index < -0.39 is 0 Å². The summed E-state index contributed by atoms with van der Waals surface area (Å²) in [6, 6.07) is 2.37. The van der Waals surface area contributed by atoms with E-state index in [2.05, 4.69) is 25.5 Å². The van der Waals surface area contributed by atoms with Crippen molar-refractivity contribution in [1.29, 1.82) is 0 Å². The molecule has 7 heteroatoms. The van der Waals surface area contributed by atoms with Crippen molar-refractivity contribution in [2.24, 2.45) is 0 Å². The summed E-state index contributed by atoms with van der Waals surface area (Å²) >= 11 is 5.46. The maximum atomic E-state index is 5.46. The van der Waals surface area contributed by atoms with Gasteiger partial charge in [-0.1, -0.05) is 32.1 Å². The lowest BCUT2D eigenvalue weighted by atomic mass is 9.96. The molecule has 2 N–H and O–H groups in total. The quantitative estimate of drug-likeness (QED) is 0.794. The zero-order chi connectivity index (χ0) is 17.5. The fourth-order valence-corrected chi connectivity index (χ4v) is 3.86. The van der Waals surface area contributed by atoms with Gasteiger partial charge in [0.15, 0.2) is 5.11 Å². The Labute approximate surface area is 155 Å². The Morgan fingerprint density at radius 2 is 1.76 bits per heavy atom. The molecule has 6 nitrogen and oxygen atoms in total. The number of nitrogens with one attached hydrogen (secondary N) is 2. The molecule has 138 valence electrons. The number of ether oxygens (including phenoxy) is 1. The molecule has 1 aliphatic carbocycles. The summed E-state index contributed by atoms with van der Waals surface area (Å²) in [5, 5.41) is 7.15. The van der Waals surface area contributed by atoms with Crippen LogP contribution in [-0.4, -0.2) is 41.3 Å². The van der Waals surface area contributed by atoms with Crippen molar-refractivity contribution in [1.82, 2.24) is 15.3 Å². The highest BCUT2D eigenvalue weighted by Gasteiger charge is 2.17. The van der Waals surface area contributed by atoms with Gasteiger partial charge in [-0.25, -0.2) is 0 Å². The summed E-state index contributed by atoms with van der Waals surface area (Å²) < 4.78 is 5.37. The van der Waals surface area contributed by atoms with Gasteiger partial charge in [0, 0.05) is 25.2 Å². The molecule has 2 aliphatic rings. The molecule has 0 aromatic carbocycles. The highest BCUT2D eigenvalue weighted by atomic mass is 32.1. The average Bonchev–Trinajstić information content (AvgIpc) is 2.91. The molecule has 1 aromatic heterocycles. The van der Waals surface area contributed by atoms with Crippen LogP contribution in [0.1, 0.15) is 57.8 Å². The Balaban J connectivity index is 1.67. The molecule has 0 spiro atoms. The molecule has 25 heavy (non-hydrogen) atoms. The largest absolute Gasteiger partial charge is 0.481 e. The Bertz CT molecular complexity index is 569. The second kappa shape index (κ2) is 9.17. The molecule has 1 aliphatic heterocycles. The lowest BCUT2D eigenvalue weighted by molar-refractivity contribution is 0.397. The van der Waals surface area contributed by atoms with Crippen LogP contribution in [0.4, 0.5) is 11.8 Å². The highest BCUT2D eigenvalue weighted by molar-refractivity contribution is 7.80. The molecular formula is C18H29N5OS. The normalized spacial score (nSPS) is 19.2. The summed E-state index contributed by atoms with van der Waals surface area (Å²) in [6.07, 6.45) is 11.2. The van der Waals surface area contributed by atoms with E-state index in [1.165, 1.54) is 57.8 Å². The monoisotopic (exact) mass is 363 g/mol. The molecular weight excluding hydrogens is 334 g/mol. The first-order chi connectivity index (χ1) is 12.2. The predicted molar refractivity (Wildman–Crippen MR) is 105 cm³/mol. The van der Waals surface area contributed by atoms with Crippen molar-refractivity contribution in [2.75, 3.05) is 30.4 Å². The van der Waals surface area contributed by atoms with Gasteiger partial charge in [-0.15, -0.1) is 0 Å². The lowest BCUT2D eigenvalue weighted by Gasteiger charge is -2.25. The third-order valence-corrected chi connectivity index (χ3v) is 5.21. The molecule has 0 amide bonds. The van der Waals surface area contributed by atoms with E-state index in [1.807, 2.05) is 6.07 Å². The Morgan fingerprint density at radius 1 is 1.08 bits per heavy atom. The molecule has 0 atom stereocenters. The summed E-state index contributed by atoms with van der Waals surface area (Å²) in [5.41, 5.74) is 0. The van der Waals surface area contributed by atoms with Gasteiger partial charge in [0.05, 0.1) is 7.11 Å². The molecule has 1 saturated carbocycles. The molecule has 2 heterocycles. The average molecular weight is 364 g/mol. The highest BCUT2D eigenvalue weighted by Crippen LogP contribution is 2.23. The SMILES string of the molecule is COc1cc(N2CCCCCC2)nc(NC(=S)NC2CCCCC2)n1. The zero-order valence-electron chi connectivity index (χ0n) is 15.1. The van der Waals surface area contributed by atoms with Crippen molar-refractivity contribution >= 4 is 29.1 Å². The number of methoxy groups -OCH3 is 1. The van der Waals surface area contributed by atoms with Gasteiger partial charge in [0.1, 0.15) is 5.82 Å². The lowest BCUT2D eigenvalue weighted by Crippen LogP contribution is -2.39. The number of thiocarbonyl (C=S) groups is 1. The number of anilines is 2. The van der Waals surface area contributed by atoms with Crippen LogP contribution in [0.25, 0.3) is 0 Å². The van der Waals surface area contributed by atoms with Crippen LogP contribution < -0.4 is 20.3 Å². The van der Waals surface area contributed by atoms with Gasteiger partial charge in [-0.05, 0) is 37.9 Å². The van der Waals surface area contributed by atoms with Crippen LogP contribution in [-0.2, 0) is 0 Å². The number of aromatic nitrogens is 2. The molecule has 0 radical (unpaired) electrons. The summed E-state index contributed by atoms with van der Waals surface area (Å²) in [6.45, 7) is 2.06. The topological polar surface area (TPSA) is 62.3 Å². The summed E-state index contributed by atoms with van der Waals surface area (Å²) in [5.74, 6) is 1.99. The van der Waals surface area contributed by atoms with Gasteiger partial charge in [-0.2, -0.15) is 9.97 Å². The van der Waals surface area contributed by atoms with Crippen LogP contribution in [0.5, 0.6) is 5.88 Å². The van der Waals surface area contributed by atoms with E-state index in [0.29, 0.717) is 23.0 Å². The molecule has 2 fully saturated rings. The Hall–Kier alpha value is -1.63. The van der Waals surface area contributed by atoms with E-state index in [1.54, 1.807) is 7.11 Å². The number of nitrogens with zero attached hydrogens (tertiary/aromatic N) is 3. The molecule has 1 saturated heterocycles. The van der Waals surface area contributed by atoms with E-state index in [0.717, 1.165) is 18.9 Å². The van der Waals surface area contributed by atoms with Gasteiger partial charge in [-0.3, -0.25) is 0 Å². The molecule has 1 aromatic rings. The number of rotatable bonds is 4. The van der Waals surface area contributed by atoms with Gasteiger partial charge >= 0.3 is 0 Å². The third kappa shape index (κ3) is 5.42. The molecule has 0 unspecified atom stereocenters. The fraction of sp³-hybridized carbons (Fsp3) is 0.722. The van der Waals surface area contributed by atoms with Crippen molar-refractivity contribution in [3.63, 3.8) is 0 Å². The predicted octanol–water partition coefficient (Wildman–Crippen LogP) is 3.48. The number of hydrogen-bond acceptors (Lipinski definition) is 5. The van der Waals surface area contributed by atoms with Crippen LogP contribution >= 0.6 is 12.2 Å². The standard InChI is InChI=1S/C18H29N5OS/c1-24-16-13-15(23-11-7-2-3-8-12-23)20-17(21-16)22-18(25)19-14-9-5-4-6-10-14/h13-14H,2-12H2,1H3,(H2,19,20,21,22,25). The first-order valence-corrected chi connectivity index (χ1v) is 9.91. The van der Waals surface area contributed by atoms with E-state index in [9.17, 15) is 0 Å². The minimum Gasteiger partial charge on any atom is -0.481 e. The van der Waals surface area contributed by atoms with Gasteiger partial charge < -0.3 is 20.3 Å². The van der Waals surface area contributed by atoms with E-state index >= 15 is 0 Å². The van der Waals surface area contributed by atoms with Gasteiger partial charge in [0.2, 0.25) is 11.8 Å². The van der Waals surface area contributed by atoms with Crippen molar-refractivity contribution in [3.05, 3.63) is 6.07 Å². The zero-order valence-corrected chi connectivity index (χ0v) is 15.9. The molecule has 0 bridgehead atoms. The van der Waals surface area contributed by atoms with Gasteiger partial charge in [0.25, 0.3) is 0 Å². The van der Waals surface area contributed by atoms with Crippen molar-refractivity contribution in [2.45, 2.75) is 63.8 Å². The van der Waals surface area contributed by atoms with Crippen molar-refractivity contribution < 1.29 is 4.74 Å².